The molecule has 0 saturated heterocycles. The first-order valence-corrected chi connectivity index (χ1v) is 7.38. The van der Waals surface area contributed by atoms with E-state index in [1.807, 2.05) is 23.9 Å². The lowest BCUT2D eigenvalue weighted by atomic mass is 10.1. The highest BCUT2D eigenvalue weighted by atomic mass is 16.1. The minimum absolute atomic E-state index is 0.112. The molecule has 21 heavy (non-hydrogen) atoms. The summed E-state index contributed by atoms with van der Waals surface area (Å²) in [6, 6.07) is 2.07. The minimum Gasteiger partial charge on any atom is -0.352 e. The molecule has 1 amide bonds. The predicted molar refractivity (Wildman–Crippen MR) is 76.5 cm³/mol. The molecule has 7 heteroatoms. The average molecular weight is 288 g/mol. The normalized spacial score (nSPS) is 17.5. The zero-order valence-corrected chi connectivity index (χ0v) is 12.2. The van der Waals surface area contributed by atoms with E-state index in [0.29, 0.717) is 6.42 Å². The maximum atomic E-state index is 12.0. The molecule has 3 heterocycles. The lowest BCUT2D eigenvalue weighted by Gasteiger charge is -2.24. The van der Waals surface area contributed by atoms with Crippen LogP contribution in [0.2, 0.25) is 0 Å². The Morgan fingerprint density at radius 2 is 2.38 bits per heavy atom. The molecule has 2 aromatic rings. The van der Waals surface area contributed by atoms with Gasteiger partial charge in [0.15, 0.2) is 0 Å². The van der Waals surface area contributed by atoms with Crippen LogP contribution >= 0.6 is 0 Å². The van der Waals surface area contributed by atoms with E-state index in [1.54, 1.807) is 6.20 Å². The van der Waals surface area contributed by atoms with Crippen molar-refractivity contribution in [2.45, 2.75) is 51.7 Å². The highest BCUT2D eigenvalue weighted by molar-refractivity contribution is 5.76. The molecule has 1 atom stereocenters. The van der Waals surface area contributed by atoms with Gasteiger partial charge in [-0.2, -0.15) is 5.10 Å². The summed E-state index contributed by atoms with van der Waals surface area (Å²) < 4.78 is 3.94. The maximum absolute atomic E-state index is 12.0. The fraction of sp³-hybridized carbons (Fsp3) is 0.571. The molecular weight excluding hydrogens is 268 g/mol. The van der Waals surface area contributed by atoms with Crippen LogP contribution in [0.4, 0.5) is 0 Å². The van der Waals surface area contributed by atoms with Crippen LogP contribution in [0.1, 0.15) is 30.9 Å². The zero-order valence-electron chi connectivity index (χ0n) is 12.2. The maximum Gasteiger partial charge on any atom is 0.220 e. The highest BCUT2D eigenvalue weighted by Crippen LogP contribution is 2.14. The second-order valence-corrected chi connectivity index (χ2v) is 5.45. The number of rotatable bonds is 5. The minimum atomic E-state index is 0.112. The Kier molecular flexibility index (Phi) is 3.98. The van der Waals surface area contributed by atoms with Crippen LogP contribution in [0, 0.1) is 6.92 Å². The number of carbonyl (C=O) groups excluding carboxylic acids is 1. The molecule has 1 aliphatic rings. The smallest absolute Gasteiger partial charge is 0.220 e. The van der Waals surface area contributed by atoms with Crippen molar-refractivity contribution in [2.75, 3.05) is 0 Å². The molecular formula is C14H20N6O. The van der Waals surface area contributed by atoms with Crippen molar-refractivity contribution in [3.05, 3.63) is 30.1 Å². The van der Waals surface area contributed by atoms with Crippen molar-refractivity contribution in [1.82, 2.24) is 29.9 Å². The van der Waals surface area contributed by atoms with Gasteiger partial charge in [0, 0.05) is 44.4 Å². The van der Waals surface area contributed by atoms with E-state index < -0.39 is 0 Å². The lowest BCUT2D eigenvalue weighted by molar-refractivity contribution is -0.122. The Hall–Kier alpha value is -2.18. The van der Waals surface area contributed by atoms with Crippen molar-refractivity contribution >= 4 is 5.91 Å². The highest BCUT2D eigenvalue weighted by Gasteiger charge is 2.22. The van der Waals surface area contributed by atoms with Crippen LogP contribution in [0.5, 0.6) is 0 Å². The number of aromatic nitrogens is 5. The number of fused-ring (bicyclic) bond motifs is 1. The van der Waals surface area contributed by atoms with Gasteiger partial charge in [-0.3, -0.25) is 9.48 Å². The first-order valence-electron chi connectivity index (χ1n) is 7.38. The summed E-state index contributed by atoms with van der Waals surface area (Å²) in [4.78, 5) is 12.0. The van der Waals surface area contributed by atoms with Gasteiger partial charge in [0.05, 0.1) is 0 Å². The van der Waals surface area contributed by atoms with Crippen LogP contribution in [0.3, 0.4) is 0 Å². The van der Waals surface area contributed by atoms with Gasteiger partial charge in [-0.1, -0.05) is 0 Å². The summed E-state index contributed by atoms with van der Waals surface area (Å²) in [5, 5.41) is 15.5. The number of nitrogens with one attached hydrogen (secondary N) is 1. The molecule has 0 saturated carbocycles. The summed E-state index contributed by atoms with van der Waals surface area (Å²) in [6.07, 6.45) is 6.81. The molecule has 0 radical (unpaired) electrons. The summed E-state index contributed by atoms with van der Waals surface area (Å²) in [5.41, 5.74) is 0. The Morgan fingerprint density at radius 1 is 1.48 bits per heavy atom. The van der Waals surface area contributed by atoms with E-state index in [1.165, 1.54) is 0 Å². The summed E-state index contributed by atoms with van der Waals surface area (Å²) in [6.45, 7) is 3.50. The molecule has 0 spiro atoms. The van der Waals surface area contributed by atoms with Crippen molar-refractivity contribution < 1.29 is 4.79 Å². The molecule has 7 nitrogen and oxygen atoms in total. The van der Waals surface area contributed by atoms with E-state index in [4.69, 9.17) is 0 Å². The largest absolute Gasteiger partial charge is 0.352 e. The molecule has 0 aliphatic carbocycles. The van der Waals surface area contributed by atoms with E-state index in [0.717, 1.165) is 44.0 Å². The first kappa shape index (κ1) is 13.8. The Balaban J connectivity index is 1.44. The topological polar surface area (TPSA) is 77.6 Å². The number of nitrogens with zero attached hydrogens (tertiary/aromatic N) is 5. The van der Waals surface area contributed by atoms with Gasteiger partial charge in [0.25, 0.3) is 0 Å². The van der Waals surface area contributed by atoms with Crippen molar-refractivity contribution in [3.63, 3.8) is 0 Å². The number of aryl methyl sites for hydroxylation is 3. The first-order chi connectivity index (χ1) is 10.2. The Labute approximate surface area is 123 Å². The molecule has 2 aromatic heterocycles. The standard InChI is InChI=1S/C14H20N6O/c1-11-17-18-13-6-5-12(10-20(11)13)16-14(21)4-2-8-19-9-3-7-15-19/h3,7,9,12H,2,4-6,8,10H2,1H3,(H,16,21)/t12-/m0/s1. The monoisotopic (exact) mass is 288 g/mol. The number of carbonyl (C=O) groups is 1. The van der Waals surface area contributed by atoms with E-state index in [2.05, 4.69) is 25.2 Å². The third-order valence-corrected chi connectivity index (χ3v) is 3.85. The third kappa shape index (κ3) is 3.29. The van der Waals surface area contributed by atoms with Crippen molar-refractivity contribution in [1.29, 1.82) is 0 Å². The Morgan fingerprint density at radius 3 is 3.19 bits per heavy atom. The van der Waals surface area contributed by atoms with Gasteiger partial charge in [0.2, 0.25) is 5.91 Å². The molecule has 3 rings (SSSR count). The van der Waals surface area contributed by atoms with Crippen LogP contribution in [0.25, 0.3) is 0 Å². The predicted octanol–water partition coefficient (Wildman–Crippen LogP) is 0.694. The van der Waals surface area contributed by atoms with Gasteiger partial charge in [-0.25, -0.2) is 0 Å². The quantitative estimate of drug-likeness (QED) is 0.878. The SMILES string of the molecule is Cc1nnc2n1C[C@@H](NC(=O)CCCn1cccn1)CC2. The zero-order chi connectivity index (χ0) is 14.7. The molecule has 1 aliphatic heterocycles. The second-order valence-electron chi connectivity index (χ2n) is 5.45. The van der Waals surface area contributed by atoms with E-state index in [9.17, 15) is 4.79 Å². The number of amides is 1. The summed E-state index contributed by atoms with van der Waals surface area (Å²) >= 11 is 0. The van der Waals surface area contributed by atoms with Crippen molar-refractivity contribution in [2.24, 2.45) is 0 Å². The van der Waals surface area contributed by atoms with Crippen molar-refractivity contribution in [3.8, 4) is 0 Å². The van der Waals surface area contributed by atoms with Crippen LogP contribution in [-0.4, -0.2) is 36.5 Å². The number of hydrogen-bond donors (Lipinski definition) is 1. The van der Waals surface area contributed by atoms with Crippen LogP contribution in [0.15, 0.2) is 18.5 Å². The number of hydrogen-bond acceptors (Lipinski definition) is 4. The third-order valence-electron chi connectivity index (χ3n) is 3.85. The molecule has 0 unspecified atom stereocenters. The van der Waals surface area contributed by atoms with Gasteiger partial charge >= 0.3 is 0 Å². The summed E-state index contributed by atoms with van der Waals surface area (Å²) in [7, 11) is 0. The fourth-order valence-electron chi connectivity index (χ4n) is 2.71. The molecule has 1 N–H and O–H groups in total. The molecule has 0 bridgehead atoms. The van der Waals surface area contributed by atoms with Gasteiger partial charge in [0.1, 0.15) is 11.6 Å². The van der Waals surface area contributed by atoms with Crippen LogP contribution < -0.4 is 5.32 Å². The van der Waals surface area contributed by atoms with Crippen LogP contribution in [-0.2, 0) is 24.3 Å². The van der Waals surface area contributed by atoms with Gasteiger partial charge in [-0.15, -0.1) is 10.2 Å². The second kappa shape index (κ2) is 6.07. The van der Waals surface area contributed by atoms with Gasteiger partial charge < -0.3 is 9.88 Å². The molecule has 0 aromatic carbocycles. The summed E-state index contributed by atoms with van der Waals surface area (Å²) in [5.74, 6) is 2.06. The average Bonchev–Trinajstić information content (AvgIpc) is 3.10. The van der Waals surface area contributed by atoms with Gasteiger partial charge in [-0.05, 0) is 25.8 Å². The lowest BCUT2D eigenvalue weighted by Crippen LogP contribution is -2.41. The molecule has 0 fully saturated rings. The Bertz CT molecular complexity index is 603. The fourth-order valence-corrected chi connectivity index (χ4v) is 2.71. The van der Waals surface area contributed by atoms with E-state index in [-0.39, 0.29) is 11.9 Å². The van der Waals surface area contributed by atoms with E-state index >= 15 is 0 Å². The molecule has 112 valence electrons.